The van der Waals surface area contributed by atoms with Crippen LogP contribution < -0.4 is 5.73 Å². The first-order valence-electron chi connectivity index (χ1n) is 6.09. The molecule has 0 amide bonds. The van der Waals surface area contributed by atoms with Crippen molar-refractivity contribution in [3.8, 4) is 5.75 Å². The largest absolute Gasteiger partial charge is 0.505 e. The van der Waals surface area contributed by atoms with Gasteiger partial charge in [0.2, 0.25) is 0 Å². The van der Waals surface area contributed by atoms with Crippen molar-refractivity contribution in [2.24, 2.45) is 16.6 Å². The average Bonchev–Trinajstić information content (AvgIpc) is 2.76. The number of aromatic hydroxyl groups is 1. The molecule has 0 unspecified atom stereocenters. The first kappa shape index (κ1) is 11.8. The number of thioether (sulfide) groups is 1. The first-order chi connectivity index (χ1) is 8.62. The maximum absolute atomic E-state index is 13.2. The Morgan fingerprint density at radius 3 is 3.11 bits per heavy atom. The van der Waals surface area contributed by atoms with E-state index in [1.165, 1.54) is 12.1 Å². The summed E-state index contributed by atoms with van der Waals surface area (Å²) in [6.07, 6.45) is 3.13. The molecule has 1 aromatic carbocycles. The number of aliphatic imine (C=N–C) groups is 1. The molecule has 1 aromatic rings. The van der Waals surface area contributed by atoms with Gasteiger partial charge in [0.05, 0.1) is 5.54 Å². The molecule has 2 atom stereocenters. The van der Waals surface area contributed by atoms with E-state index < -0.39 is 5.82 Å². The molecule has 1 aliphatic heterocycles. The maximum Gasteiger partial charge on any atom is 0.164 e. The molecule has 2 aliphatic rings. The van der Waals surface area contributed by atoms with Gasteiger partial charge in [-0.15, -0.1) is 0 Å². The van der Waals surface area contributed by atoms with Gasteiger partial charge < -0.3 is 10.8 Å². The Labute approximate surface area is 109 Å². The summed E-state index contributed by atoms with van der Waals surface area (Å²) >= 11 is 1.59. The zero-order valence-electron chi connectivity index (χ0n) is 9.90. The normalized spacial score (nSPS) is 30.9. The second-order valence-electron chi connectivity index (χ2n) is 4.94. The number of fused-ring (bicyclic) bond motifs is 1. The Morgan fingerprint density at radius 2 is 2.33 bits per heavy atom. The molecule has 0 spiro atoms. The fraction of sp³-hybridized carbons (Fsp3) is 0.462. The standard InChI is InChI=1S/C13H15FN2OS/c14-10-4-3-8(6-11(10)17)13-5-1-2-9(13)7-18-12(15)16-13/h3-4,6,9,17H,1-2,5,7H2,(H2,15,16)/t9-,13+/m0/s1. The van der Waals surface area contributed by atoms with E-state index in [0.717, 1.165) is 30.6 Å². The molecular weight excluding hydrogens is 251 g/mol. The highest BCUT2D eigenvalue weighted by atomic mass is 32.2. The lowest BCUT2D eigenvalue weighted by atomic mass is 9.81. The highest BCUT2D eigenvalue weighted by Crippen LogP contribution is 2.51. The first-order valence-corrected chi connectivity index (χ1v) is 7.07. The van der Waals surface area contributed by atoms with Crippen LogP contribution >= 0.6 is 11.8 Å². The van der Waals surface area contributed by atoms with Crippen molar-refractivity contribution in [2.45, 2.75) is 24.8 Å². The van der Waals surface area contributed by atoms with Gasteiger partial charge in [0.1, 0.15) is 0 Å². The van der Waals surface area contributed by atoms with Gasteiger partial charge in [-0.25, -0.2) is 4.39 Å². The fourth-order valence-corrected chi connectivity index (χ4v) is 4.11. The summed E-state index contributed by atoms with van der Waals surface area (Å²) in [6, 6.07) is 4.53. The molecule has 0 radical (unpaired) electrons. The molecule has 0 bridgehead atoms. The predicted molar refractivity (Wildman–Crippen MR) is 71.2 cm³/mol. The summed E-state index contributed by atoms with van der Waals surface area (Å²) in [5, 5.41) is 10.1. The summed E-state index contributed by atoms with van der Waals surface area (Å²) < 4.78 is 13.2. The fourth-order valence-electron chi connectivity index (χ4n) is 3.07. The van der Waals surface area contributed by atoms with E-state index in [4.69, 9.17) is 5.73 Å². The molecule has 18 heavy (non-hydrogen) atoms. The molecule has 3 N–H and O–H groups in total. The van der Waals surface area contributed by atoms with Crippen LogP contribution in [-0.2, 0) is 5.54 Å². The van der Waals surface area contributed by atoms with E-state index in [9.17, 15) is 9.50 Å². The van der Waals surface area contributed by atoms with Crippen LogP contribution in [0.5, 0.6) is 5.75 Å². The number of nitrogens with two attached hydrogens (primary N) is 1. The van der Waals surface area contributed by atoms with Crippen molar-refractivity contribution in [2.75, 3.05) is 5.75 Å². The molecule has 0 saturated heterocycles. The molecule has 0 aromatic heterocycles. The number of rotatable bonds is 1. The second kappa shape index (κ2) is 4.16. The lowest BCUT2D eigenvalue weighted by molar-refractivity contribution is 0.351. The van der Waals surface area contributed by atoms with Crippen molar-refractivity contribution < 1.29 is 9.50 Å². The quantitative estimate of drug-likeness (QED) is 0.821. The van der Waals surface area contributed by atoms with E-state index in [0.29, 0.717) is 11.1 Å². The third-order valence-electron chi connectivity index (χ3n) is 3.97. The van der Waals surface area contributed by atoms with Crippen molar-refractivity contribution in [1.82, 2.24) is 0 Å². The smallest absolute Gasteiger partial charge is 0.164 e. The Morgan fingerprint density at radius 1 is 1.50 bits per heavy atom. The molecule has 1 heterocycles. The third-order valence-corrected chi connectivity index (χ3v) is 4.93. The molecule has 1 aliphatic carbocycles. The Bertz CT molecular complexity index is 520. The summed E-state index contributed by atoms with van der Waals surface area (Å²) in [5.74, 6) is 0.485. The molecule has 1 fully saturated rings. The maximum atomic E-state index is 13.2. The van der Waals surface area contributed by atoms with E-state index in [-0.39, 0.29) is 11.3 Å². The lowest BCUT2D eigenvalue weighted by Crippen LogP contribution is -2.36. The van der Waals surface area contributed by atoms with Gasteiger partial charge in [0.15, 0.2) is 16.7 Å². The lowest BCUT2D eigenvalue weighted by Gasteiger charge is -2.35. The van der Waals surface area contributed by atoms with Gasteiger partial charge in [-0.3, -0.25) is 4.99 Å². The van der Waals surface area contributed by atoms with Gasteiger partial charge in [0, 0.05) is 5.75 Å². The number of amidine groups is 1. The number of hydrogen-bond donors (Lipinski definition) is 2. The van der Waals surface area contributed by atoms with E-state index in [1.807, 2.05) is 0 Å². The topological polar surface area (TPSA) is 58.6 Å². The number of nitrogens with zero attached hydrogens (tertiary/aromatic N) is 1. The van der Waals surface area contributed by atoms with Crippen LogP contribution in [0.1, 0.15) is 24.8 Å². The van der Waals surface area contributed by atoms with Gasteiger partial charge in [-0.1, -0.05) is 24.2 Å². The number of phenolic OH excluding ortho intramolecular Hbond substituents is 1. The number of hydrogen-bond acceptors (Lipinski definition) is 4. The Kier molecular flexibility index (Phi) is 2.73. The van der Waals surface area contributed by atoms with Crippen molar-refractivity contribution in [1.29, 1.82) is 0 Å². The number of phenols is 1. The van der Waals surface area contributed by atoms with Crippen molar-refractivity contribution >= 4 is 16.9 Å². The summed E-state index contributed by atoms with van der Waals surface area (Å²) in [4.78, 5) is 4.64. The molecule has 3 nitrogen and oxygen atoms in total. The zero-order valence-corrected chi connectivity index (χ0v) is 10.7. The van der Waals surface area contributed by atoms with Crippen LogP contribution in [-0.4, -0.2) is 16.0 Å². The van der Waals surface area contributed by atoms with Crippen LogP contribution in [0.25, 0.3) is 0 Å². The van der Waals surface area contributed by atoms with E-state index in [2.05, 4.69) is 4.99 Å². The number of halogens is 1. The van der Waals surface area contributed by atoms with Gasteiger partial charge in [-0.2, -0.15) is 0 Å². The van der Waals surface area contributed by atoms with Crippen LogP contribution in [0.3, 0.4) is 0 Å². The summed E-state index contributed by atoms with van der Waals surface area (Å²) in [6.45, 7) is 0. The Hall–Kier alpha value is -1.23. The van der Waals surface area contributed by atoms with Crippen molar-refractivity contribution in [3.05, 3.63) is 29.6 Å². The third kappa shape index (κ3) is 1.68. The van der Waals surface area contributed by atoms with Crippen molar-refractivity contribution in [3.63, 3.8) is 0 Å². The minimum atomic E-state index is -0.591. The van der Waals surface area contributed by atoms with Crippen LogP contribution in [0.4, 0.5) is 4.39 Å². The van der Waals surface area contributed by atoms with E-state index in [1.54, 1.807) is 17.8 Å². The van der Waals surface area contributed by atoms with Crippen LogP contribution in [0.15, 0.2) is 23.2 Å². The minimum absolute atomic E-state index is 0.306. The van der Waals surface area contributed by atoms with Gasteiger partial charge >= 0.3 is 0 Å². The molecule has 5 heteroatoms. The minimum Gasteiger partial charge on any atom is -0.505 e. The monoisotopic (exact) mass is 266 g/mol. The van der Waals surface area contributed by atoms with Gasteiger partial charge in [-0.05, 0) is 36.5 Å². The van der Waals surface area contributed by atoms with Crippen LogP contribution in [0, 0.1) is 11.7 Å². The molecule has 96 valence electrons. The predicted octanol–water partition coefficient (Wildman–Crippen LogP) is 2.59. The average molecular weight is 266 g/mol. The highest BCUT2D eigenvalue weighted by molar-refractivity contribution is 8.13. The zero-order chi connectivity index (χ0) is 12.8. The van der Waals surface area contributed by atoms with E-state index >= 15 is 0 Å². The molecule has 1 saturated carbocycles. The second-order valence-corrected chi connectivity index (χ2v) is 5.98. The summed E-state index contributed by atoms with van der Waals surface area (Å²) in [5.41, 5.74) is 6.39. The Balaban J connectivity index is 2.11. The SMILES string of the molecule is NC1=N[C@@]2(c3ccc(F)c(O)c3)CCC[C@H]2CS1. The van der Waals surface area contributed by atoms with Crippen LogP contribution in [0.2, 0.25) is 0 Å². The molecule has 3 rings (SSSR count). The number of benzene rings is 1. The van der Waals surface area contributed by atoms with Gasteiger partial charge in [0.25, 0.3) is 0 Å². The molecular formula is C13H15FN2OS. The highest BCUT2D eigenvalue weighted by Gasteiger charge is 2.46. The summed E-state index contributed by atoms with van der Waals surface area (Å²) in [7, 11) is 0.